The molecule has 2 N–H and O–H groups in total. The lowest BCUT2D eigenvalue weighted by atomic mass is 10.1. The van der Waals surface area contributed by atoms with Gasteiger partial charge in [-0.15, -0.1) is 11.3 Å². The van der Waals surface area contributed by atoms with E-state index in [0.29, 0.717) is 26.7 Å². The van der Waals surface area contributed by atoms with Gasteiger partial charge in [-0.1, -0.05) is 18.2 Å². The van der Waals surface area contributed by atoms with Gasteiger partial charge in [-0.25, -0.2) is 4.79 Å². The van der Waals surface area contributed by atoms with Crippen LogP contribution in [0.5, 0.6) is 5.88 Å². The second-order valence-electron chi connectivity index (χ2n) is 7.18. The largest absolute Gasteiger partial charge is 0.493 e. The van der Waals surface area contributed by atoms with Crippen molar-refractivity contribution in [3.8, 4) is 5.88 Å². The molecule has 0 saturated carbocycles. The first-order chi connectivity index (χ1) is 16.0. The van der Waals surface area contributed by atoms with Gasteiger partial charge < -0.3 is 15.2 Å². The number of aromatic nitrogens is 1. The number of carbonyl (C=O) groups is 2. The number of allylic oxidation sites excluding steroid dienone is 1. The van der Waals surface area contributed by atoms with Gasteiger partial charge in [-0.2, -0.15) is 0 Å². The van der Waals surface area contributed by atoms with Gasteiger partial charge in [0.25, 0.3) is 0 Å². The molecule has 33 heavy (non-hydrogen) atoms. The van der Waals surface area contributed by atoms with E-state index in [1.807, 2.05) is 30.3 Å². The summed E-state index contributed by atoms with van der Waals surface area (Å²) in [5, 5.41) is 13.5. The third-order valence-electron chi connectivity index (χ3n) is 4.98. The molecule has 1 amide bonds. The van der Waals surface area contributed by atoms with E-state index in [-0.39, 0.29) is 24.8 Å². The zero-order valence-electron chi connectivity index (χ0n) is 17.8. The second-order valence-corrected chi connectivity index (χ2v) is 8.85. The molecule has 9 heteroatoms. The van der Waals surface area contributed by atoms with E-state index in [1.54, 1.807) is 42.0 Å². The maximum Gasteiger partial charge on any atom is 0.338 e. The topological polar surface area (TPSA) is 92.9 Å². The molecule has 3 aromatic rings. The summed E-state index contributed by atoms with van der Waals surface area (Å²) in [4.78, 5) is 29.1. The van der Waals surface area contributed by atoms with Crippen LogP contribution in [0, 0.1) is 3.95 Å². The molecule has 168 valence electrons. The molecule has 0 aliphatic carbocycles. The van der Waals surface area contributed by atoms with Crippen LogP contribution in [0.4, 0.5) is 11.4 Å². The molecular weight excluding hydrogens is 458 g/mol. The molecule has 1 aliphatic heterocycles. The van der Waals surface area contributed by atoms with Gasteiger partial charge in [0, 0.05) is 36.0 Å². The van der Waals surface area contributed by atoms with Gasteiger partial charge in [0.1, 0.15) is 0 Å². The standard InChI is InChI=1S/C24H21N3O4S2/c1-2-31-23(30)15-7-9-17(10-8-15)26-21(28)11-12-27-22(29)20(33-24(27)32)13-16-14-25-19-6-4-3-5-18(16)19/h3-10,13-14,29H,2,11-12H2,1H3,(H,26,28)/b16-13-. The number of carbonyl (C=O) groups excluding carboxylic acids is 2. The summed E-state index contributed by atoms with van der Waals surface area (Å²) in [5.41, 5.74) is 3.76. The van der Waals surface area contributed by atoms with Gasteiger partial charge >= 0.3 is 5.97 Å². The summed E-state index contributed by atoms with van der Waals surface area (Å²) in [6.07, 6.45) is 3.74. The van der Waals surface area contributed by atoms with Crippen molar-refractivity contribution in [3.63, 3.8) is 0 Å². The molecule has 0 saturated heterocycles. The van der Waals surface area contributed by atoms with Crippen molar-refractivity contribution in [3.05, 3.63) is 68.5 Å². The Morgan fingerprint density at radius 3 is 2.73 bits per heavy atom. The molecule has 0 fully saturated rings. The Bertz CT molecular complexity index is 1320. The number of hydrogen-bond acceptors (Lipinski definition) is 7. The fourth-order valence-electron chi connectivity index (χ4n) is 3.34. The summed E-state index contributed by atoms with van der Waals surface area (Å²) in [6, 6.07) is 14.3. The molecule has 0 atom stereocenters. The minimum absolute atomic E-state index is 0.0295. The maximum absolute atomic E-state index is 12.4. The SMILES string of the molecule is CCOC(=O)c1ccc(NC(=O)CCn2c(O)c(/C=C3/C=Nc4ccccc43)sc2=S)cc1. The van der Waals surface area contributed by atoms with Gasteiger partial charge in [-0.05, 0) is 55.5 Å². The lowest BCUT2D eigenvalue weighted by Gasteiger charge is -2.08. The number of hydrogen-bond donors (Lipinski definition) is 2. The molecule has 0 radical (unpaired) electrons. The van der Waals surface area contributed by atoms with Crippen molar-refractivity contribution < 1.29 is 19.4 Å². The van der Waals surface area contributed by atoms with Crippen LogP contribution in [0.25, 0.3) is 11.6 Å². The van der Waals surface area contributed by atoms with Crippen LogP contribution in [0.15, 0.2) is 53.5 Å². The highest BCUT2D eigenvalue weighted by Crippen LogP contribution is 2.35. The van der Waals surface area contributed by atoms with Crippen LogP contribution in [0.1, 0.15) is 34.1 Å². The van der Waals surface area contributed by atoms with Crippen molar-refractivity contribution in [1.82, 2.24) is 4.57 Å². The summed E-state index contributed by atoms with van der Waals surface area (Å²) < 4.78 is 6.98. The van der Waals surface area contributed by atoms with E-state index in [4.69, 9.17) is 17.0 Å². The van der Waals surface area contributed by atoms with Crippen molar-refractivity contribution in [2.75, 3.05) is 11.9 Å². The minimum Gasteiger partial charge on any atom is -0.493 e. The number of esters is 1. The monoisotopic (exact) mass is 479 g/mol. The zero-order chi connectivity index (χ0) is 23.4. The van der Waals surface area contributed by atoms with E-state index in [1.165, 1.54) is 11.3 Å². The average Bonchev–Trinajstić information content (AvgIpc) is 3.33. The third kappa shape index (κ3) is 5.10. The first-order valence-corrected chi connectivity index (χ1v) is 11.5. The molecule has 4 rings (SSSR count). The molecule has 7 nitrogen and oxygen atoms in total. The molecular formula is C24H21N3O4S2. The predicted molar refractivity (Wildman–Crippen MR) is 133 cm³/mol. The summed E-state index contributed by atoms with van der Waals surface area (Å²) >= 11 is 6.68. The number of benzene rings is 2. The zero-order valence-corrected chi connectivity index (χ0v) is 19.4. The Labute approximate surface area is 199 Å². The number of nitrogens with zero attached hydrogens (tertiary/aromatic N) is 2. The highest BCUT2D eigenvalue weighted by Gasteiger charge is 2.16. The van der Waals surface area contributed by atoms with Gasteiger partial charge in [0.15, 0.2) is 3.95 Å². The smallest absolute Gasteiger partial charge is 0.338 e. The minimum atomic E-state index is -0.407. The maximum atomic E-state index is 12.4. The number of amides is 1. The average molecular weight is 480 g/mol. The number of rotatable bonds is 7. The van der Waals surface area contributed by atoms with Crippen LogP contribution in [-0.4, -0.2) is 34.4 Å². The number of nitrogens with one attached hydrogen (secondary N) is 1. The lowest BCUT2D eigenvalue weighted by Crippen LogP contribution is -2.14. The predicted octanol–water partition coefficient (Wildman–Crippen LogP) is 5.45. The number of para-hydroxylation sites is 1. The van der Waals surface area contributed by atoms with Crippen LogP contribution in [0.3, 0.4) is 0 Å². The van der Waals surface area contributed by atoms with E-state index in [0.717, 1.165) is 16.8 Å². The number of aromatic hydroxyl groups is 1. The Balaban J connectivity index is 1.40. The van der Waals surface area contributed by atoms with Crippen LogP contribution < -0.4 is 5.32 Å². The highest BCUT2D eigenvalue weighted by atomic mass is 32.1. The Hall–Kier alpha value is -3.56. The summed E-state index contributed by atoms with van der Waals surface area (Å²) in [5.74, 6) is -0.610. The van der Waals surface area contributed by atoms with Crippen LogP contribution in [0.2, 0.25) is 0 Å². The molecule has 1 aromatic heterocycles. The van der Waals surface area contributed by atoms with E-state index in [9.17, 15) is 14.7 Å². The molecule has 2 aromatic carbocycles. The van der Waals surface area contributed by atoms with Gasteiger partial charge in [-0.3, -0.25) is 14.4 Å². The van der Waals surface area contributed by atoms with Gasteiger partial charge in [0.2, 0.25) is 11.8 Å². The number of fused-ring (bicyclic) bond motifs is 1. The first-order valence-electron chi connectivity index (χ1n) is 10.3. The molecule has 0 bridgehead atoms. The van der Waals surface area contributed by atoms with Crippen LogP contribution in [-0.2, 0) is 16.1 Å². The molecule has 1 aliphatic rings. The lowest BCUT2D eigenvalue weighted by molar-refractivity contribution is -0.116. The molecule has 0 spiro atoms. The Morgan fingerprint density at radius 2 is 1.97 bits per heavy atom. The van der Waals surface area contributed by atoms with E-state index < -0.39 is 5.97 Å². The number of ether oxygens (including phenoxy) is 1. The van der Waals surface area contributed by atoms with E-state index in [2.05, 4.69) is 10.3 Å². The Morgan fingerprint density at radius 1 is 1.21 bits per heavy atom. The third-order valence-corrected chi connectivity index (χ3v) is 6.37. The second kappa shape index (κ2) is 9.93. The van der Waals surface area contributed by atoms with Crippen LogP contribution >= 0.6 is 23.6 Å². The van der Waals surface area contributed by atoms with Crippen molar-refractivity contribution in [2.24, 2.45) is 4.99 Å². The summed E-state index contributed by atoms with van der Waals surface area (Å²) in [7, 11) is 0. The number of aliphatic imine (C=N–C) groups is 1. The first kappa shape index (κ1) is 22.6. The van der Waals surface area contributed by atoms with Crippen molar-refractivity contribution in [2.45, 2.75) is 19.9 Å². The fraction of sp³-hybridized carbons (Fsp3) is 0.167. The molecule has 0 unspecified atom stereocenters. The fourth-order valence-corrected chi connectivity index (χ4v) is 4.65. The van der Waals surface area contributed by atoms with Crippen molar-refractivity contribution >= 4 is 64.7 Å². The number of thiazole rings is 1. The Kier molecular flexibility index (Phi) is 6.81. The molecule has 2 heterocycles. The normalized spacial score (nSPS) is 13.2. The summed E-state index contributed by atoms with van der Waals surface area (Å²) in [6.45, 7) is 2.28. The highest BCUT2D eigenvalue weighted by molar-refractivity contribution is 7.73. The van der Waals surface area contributed by atoms with E-state index >= 15 is 0 Å². The van der Waals surface area contributed by atoms with Crippen molar-refractivity contribution in [1.29, 1.82) is 0 Å². The number of anilines is 1. The van der Waals surface area contributed by atoms with Gasteiger partial charge in [0.05, 0.1) is 22.7 Å². The quantitative estimate of drug-likeness (QED) is 0.347.